The van der Waals surface area contributed by atoms with Crippen LogP contribution in [0.2, 0.25) is 0 Å². The standard InChI is InChI=1S/C13H9F2N3O2/c14-12-6-1-9(7-13(12)15)8-16-17-10-2-4-11(5-3-10)18(19)20/h1-8,17H. The van der Waals surface area contributed by atoms with Crippen LogP contribution < -0.4 is 5.43 Å². The number of nitro benzene ring substituents is 1. The lowest BCUT2D eigenvalue weighted by Gasteiger charge is -1.99. The first kappa shape index (κ1) is 13.6. The average Bonchev–Trinajstić information content (AvgIpc) is 2.43. The molecule has 20 heavy (non-hydrogen) atoms. The van der Waals surface area contributed by atoms with Crippen LogP contribution in [-0.4, -0.2) is 11.1 Å². The first-order valence-electron chi connectivity index (χ1n) is 5.55. The van der Waals surface area contributed by atoms with Gasteiger partial charge in [0.05, 0.1) is 16.8 Å². The average molecular weight is 277 g/mol. The van der Waals surface area contributed by atoms with Crippen LogP contribution in [0.5, 0.6) is 0 Å². The van der Waals surface area contributed by atoms with Crippen molar-refractivity contribution in [3.05, 3.63) is 69.8 Å². The van der Waals surface area contributed by atoms with E-state index in [-0.39, 0.29) is 5.69 Å². The molecule has 0 aromatic heterocycles. The van der Waals surface area contributed by atoms with E-state index in [9.17, 15) is 18.9 Å². The summed E-state index contributed by atoms with van der Waals surface area (Å²) in [5.41, 5.74) is 3.52. The van der Waals surface area contributed by atoms with Gasteiger partial charge in [-0.05, 0) is 29.8 Å². The highest BCUT2D eigenvalue weighted by Crippen LogP contribution is 2.15. The van der Waals surface area contributed by atoms with Gasteiger partial charge < -0.3 is 0 Å². The van der Waals surface area contributed by atoms with Gasteiger partial charge in [-0.2, -0.15) is 5.10 Å². The summed E-state index contributed by atoms with van der Waals surface area (Å²) >= 11 is 0. The third-order valence-electron chi connectivity index (χ3n) is 2.43. The molecule has 0 spiro atoms. The fraction of sp³-hybridized carbons (Fsp3) is 0. The molecule has 2 aromatic carbocycles. The van der Waals surface area contributed by atoms with Crippen LogP contribution >= 0.6 is 0 Å². The Bertz CT molecular complexity index is 657. The molecule has 102 valence electrons. The largest absolute Gasteiger partial charge is 0.278 e. The number of nitrogens with one attached hydrogen (secondary N) is 1. The number of hydrogen-bond acceptors (Lipinski definition) is 4. The number of non-ortho nitro benzene ring substituents is 1. The van der Waals surface area contributed by atoms with Crippen molar-refractivity contribution in [2.45, 2.75) is 0 Å². The first-order valence-corrected chi connectivity index (χ1v) is 5.55. The van der Waals surface area contributed by atoms with Crippen molar-refractivity contribution >= 4 is 17.6 Å². The number of nitro groups is 1. The Hall–Kier alpha value is -2.83. The number of hydrazone groups is 1. The van der Waals surface area contributed by atoms with E-state index in [1.165, 1.54) is 36.5 Å². The summed E-state index contributed by atoms with van der Waals surface area (Å²) in [4.78, 5) is 9.95. The van der Waals surface area contributed by atoms with Gasteiger partial charge in [0.15, 0.2) is 11.6 Å². The van der Waals surface area contributed by atoms with Gasteiger partial charge in [-0.3, -0.25) is 15.5 Å². The van der Waals surface area contributed by atoms with Gasteiger partial charge in [0.1, 0.15) is 0 Å². The van der Waals surface area contributed by atoms with Gasteiger partial charge in [-0.25, -0.2) is 8.78 Å². The summed E-state index contributed by atoms with van der Waals surface area (Å²) in [5, 5.41) is 14.3. The van der Waals surface area contributed by atoms with E-state index in [1.807, 2.05) is 0 Å². The summed E-state index contributed by atoms with van der Waals surface area (Å²) in [6.07, 6.45) is 1.31. The molecule has 0 radical (unpaired) electrons. The van der Waals surface area contributed by atoms with Gasteiger partial charge in [-0.15, -0.1) is 0 Å². The molecule has 0 bridgehead atoms. The Morgan fingerprint density at radius 3 is 2.40 bits per heavy atom. The Labute approximate surface area is 112 Å². The molecule has 5 nitrogen and oxygen atoms in total. The van der Waals surface area contributed by atoms with E-state index in [0.717, 1.165) is 12.1 Å². The number of anilines is 1. The maximum absolute atomic E-state index is 12.9. The van der Waals surface area contributed by atoms with Crippen molar-refractivity contribution in [3.63, 3.8) is 0 Å². The second-order valence-electron chi connectivity index (χ2n) is 3.85. The Morgan fingerprint density at radius 1 is 1.10 bits per heavy atom. The van der Waals surface area contributed by atoms with Crippen LogP contribution in [0.15, 0.2) is 47.6 Å². The molecule has 2 aromatic rings. The number of benzene rings is 2. The van der Waals surface area contributed by atoms with Crippen molar-refractivity contribution < 1.29 is 13.7 Å². The molecule has 0 saturated heterocycles. The highest BCUT2D eigenvalue weighted by atomic mass is 19.2. The number of hydrogen-bond donors (Lipinski definition) is 1. The summed E-state index contributed by atoms with van der Waals surface area (Å²) in [6, 6.07) is 9.02. The monoisotopic (exact) mass is 277 g/mol. The highest BCUT2D eigenvalue weighted by molar-refractivity contribution is 5.80. The molecule has 0 aliphatic carbocycles. The topological polar surface area (TPSA) is 67.5 Å². The summed E-state index contributed by atoms with van der Waals surface area (Å²) in [7, 11) is 0. The van der Waals surface area contributed by atoms with Crippen molar-refractivity contribution in [1.82, 2.24) is 0 Å². The quantitative estimate of drug-likeness (QED) is 0.529. The molecular formula is C13H9F2N3O2. The van der Waals surface area contributed by atoms with E-state index in [1.54, 1.807) is 0 Å². The van der Waals surface area contributed by atoms with Crippen molar-refractivity contribution in [2.75, 3.05) is 5.43 Å². The first-order chi connectivity index (χ1) is 9.56. The van der Waals surface area contributed by atoms with Gasteiger partial charge >= 0.3 is 0 Å². The second-order valence-corrected chi connectivity index (χ2v) is 3.85. The van der Waals surface area contributed by atoms with E-state index in [2.05, 4.69) is 10.5 Å². The Balaban J connectivity index is 2.02. The zero-order valence-electron chi connectivity index (χ0n) is 10.1. The maximum atomic E-state index is 12.9. The van der Waals surface area contributed by atoms with Crippen LogP contribution in [0, 0.1) is 21.7 Å². The van der Waals surface area contributed by atoms with Gasteiger partial charge in [-0.1, -0.05) is 6.07 Å². The van der Waals surface area contributed by atoms with Crippen LogP contribution in [0.1, 0.15) is 5.56 Å². The second kappa shape index (κ2) is 5.87. The van der Waals surface area contributed by atoms with E-state index >= 15 is 0 Å². The van der Waals surface area contributed by atoms with Crippen molar-refractivity contribution in [1.29, 1.82) is 0 Å². The minimum Gasteiger partial charge on any atom is -0.278 e. The van der Waals surface area contributed by atoms with Crippen LogP contribution in [0.25, 0.3) is 0 Å². The van der Waals surface area contributed by atoms with Gasteiger partial charge in [0.25, 0.3) is 5.69 Å². The predicted molar refractivity (Wildman–Crippen MR) is 70.7 cm³/mol. The smallest absolute Gasteiger partial charge is 0.269 e. The molecule has 7 heteroatoms. The molecule has 1 N–H and O–H groups in total. The third kappa shape index (κ3) is 3.35. The lowest BCUT2D eigenvalue weighted by molar-refractivity contribution is -0.384. The summed E-state index contributed by atoms with van der Waals surface area (Å²) in [6.45, 7) is 0. The van der Waals surface area contributed by atoms with E-state index in [0.29, 0.717) is 11.3 Å². The Kier molecular flexibility index (Phi) is 3.99. The number of halogens is 2. The SMILES string of the molecule is O=[N+]([O-])c1ccc(NN=Cc2ccc(F)c(F)c2)cc1. The van der Waals surface area contributed by atoms with Gasteiger partial charge in [0, 0.05) is 12.1 Å². The van der Waals surface area contributed by atoms with Gasteiger partial charge in [0.2, 0.25) is 0 Å². The molecule has 2 rings (SSSR count). The van der Waals surface area contributed by atoms with Crippen molar-refractivity contribution in [3.8, 4) is 0 Å². The zero-order chi connectivity index (χ0) is 14.5. The molecule has 0 heterocycles. The lowest BCUT2D eigenvalue weighted by Crippen LogP contribution is -1.93. The molecule has 0 aliphatic heterocycles. The fourth-order valence-electron chi connectivity index (χ4n) is 1.43. The van der Waals surface area contributed by atoms with Crippen molar-refractivity contribution in [2.24, 2.45) is 5.10 Å². The van der Waals surface area contributed by atoms with E-state index < -0.39 is 16.6 Å². The molecule has 0 atom stereocenters. The summed E-state index contributed by atoms with van der Waals surface area (Å²) < 4.78 is 25.6. The molecule has 0 saturated carbocycles. The third-order valence-corrected chi connectivity index (χ3v) is 2.43. The maximum Gasteiger partial charge on any atom is 0.269 e. The minimum absolute atomic E-state index is 0.0277. The fourth-order valence-corrected chi connectivity index (χ4v) is 1.43. The Morgan fingerprint density at radius 2 is 1.80 bits per heavy atom. The summed E-state index contributed by atoms with van der Waals surface area (Å²) in [5.74, 6) is -1.88. The molecule has 0 aliphatic rings. The number of rotatable bonds is 4. The van der Waals surface area contributed by atoms with Crippen LogP contribution in [0.3, 0.4) is 0 Å². The zero-order valence-corrected chi connectivity index (χ0v) is 10.1. The predicted octanol–water partition coefficient (Wildman–Crippen LogP) is 3.32. The highest BCUT2D eigenvalue weighted by Gasteiger charge is 2.03. The van der Waals surface area contributed by atoms with E-state index in [4.69, 9.17) is 0 Å². The molecule has 0 fully saturated rings. The lowest BCUT2D eigenvalue weighted by atomic mass is 10.2. The van der Waals surface area contributed by atoms with Crippen LogP contribution in [-0.2, 0) is 0 Å². The molecule has 0 amide bonds. The molecule has 0 unspecified atom stereocenters. The number of nitrogens with zero attached hydrogens (tertiary/aromatic N) is 2. The molecular weight excluding hydrogens is 268 g/mol. The normalized spacial score (nSPS) is 10.7. The van der Waals surface area contributed by atoms with Crippen LogP contribution in [0.4, 0.5) is 20.2 Å². The minimum atomic E-state index is -0.954.